The van der Waals surface area contributed by atoms with Crippen LogP contribution in [0.3, 0.4) is 0 Å². The van der Waals surface area contributed by atoms with Gasteiger partial charge in [0.1, 0.15) is 0 Å². The smallest absolute Gasteiger partial charge is 0.174 e. The van der Waals surface area contributed by atoms with Gasteiger partial charge in [-0.15, -0.1) is 0 Å². The van der Waals surface area contributed by atoms with E-state index in [9.17, 15) is 0 Å². The molecular weight excluding hydrogens is 350 g/mol. The highest BCUT2D eigenvalue weighted by Gasteiger charge is 2.20. The summed E-state index contributed by atoms with van der Waals surface area (Å²) >= 11 is 11.7. The fourth-order valence-corrected chi connectivity index (χ4v) is 3.60. The molecule has 3 nitrogen and oxygen atoms in total. The second-order valence-electron chi connectivity index (χ2n) is 6.68. The Kier molecular flexibility index (Phi) is 5.94. The van der Waals surface area contributed by atoms with Crippen LogP contribution in [-0.2, 0) is 6.54 Å². The van der Waals surface area contributed by atoms with Crippen LogP contribution in [0.4, 0.5) is 5.69 Å². The number of thiocarbonyl (C=S) groups is 1. The van der Waals surface area contributed by atoms with Crippen LogP contribution in [0.5, 0.6) is 0 Å². The number of hydrogen-bond donors (Lipinski definition) is 1. The molecule has 2 aromatic carbocycles. The van der Waals surface area contributed by atoms with E-state index in [1.54, 1.807) is 0 Å². The third kappa shape index (κ3) is 4.94. The van der Waals surface area contributed by atoms with Crippen molar-refractivity contribution >= 4 is 34.6 Å². The number of hydrogen-bond acceptors (Lipinski definition) is 2. The Bertz CT molecular complexity index is 762. The fourth-order valence-electron chi connectivity index (χ4n) is 3.14. The van der Waals surface area contributed by atoms with Gasteiger partial charge in [0.25, 0.3) is 0 Å². The maximum absolute atomic E-state index is 6.05. The molecule has 1 saturated heterocycles. The van der Waals surface area contributed by atoms with Crippen molar-refractivity contribution in [1.29, 1.82) is 0 Å². The molecule has 1 aliphatic rings. The minimum atomic E-state index is 0.711. The van der Waals surface area contributed by atoms with Crippen LogP contribution in [0.1, 0.15) is 23.1 Å². The number of nitrogens with one attached hydrogen (secondary N) is 1. The van der Waals surface area contributed by atoms with E-state index >= 15 is 0 Å². The van der Waals surface area contributed by atoms with E-state index in [4.69, 9.17) is 23.8 Å². The van der Waals surface area contributed by atoms with Crippen LogP contribution in [0, 0.1) is 13.8 Å². The lowest BCUT2D eigenvalue weighted by molar-refractivity contribution is 0.133. The van der Waals surface area contributed by atoms with Crippen LogP contribution in [0.25, 0.3) is 0 Å². The summed E-state index contributed by atoms with van der Waals surface area (Å²) < 4.78 is 0. The quantitative estimate of drug-likeness (QED) is 0.777. The van der Waals surface area contributed by atoms with Gasteiger partial charge in [-0.25, -0.2) is 0 Å². The third-order valence-corrected chi connectivity index (χ3v) is 5.13. The molecule has 1 heterocycles. The Labute approximate surface area is 160 Å². The molecule has 1 N–H and O–H groups in total. The van der Waals surface area contributed by atoms with E-state index in [1.165, 1.54) is 16.7 Å². The number of benzene rings is 2. The molecule has 132 valence electrons. The lowest BCUT2D eigenvalue weighted by Gasteiger charge is -2.37. The zero-order valence-electron chi connectivity index (χ0n) is 14.8. The van der Waals surface area contributed by atoms with Gasteiger partial charge in [0, 0.05) is 30.3 Å². The number of anilines is 1. The van der Waals surface area contributed by atoms with E-state index in [0.29, 0.717) is 5.02 Å². The zero-order valence-corrected chi connectivity index (χ0v) is 16.3. The van der Waals surface area contributed by atoms with Gasteiger partial charge in [-0.3, -0.25) is 4.90 Å². The number of halogens is 1. The van der Waals surface area contributed by atoms with Crippen molar-refractivity contribution in [2.45, 2.75) is 26.8 Å². The predicted octanol–water partition coefficient (Wildman–Crippen LogP) is 4.82. The molecule has 0 bridgehead atoms. The highest BCUT2D eigenvalue weighted by molar-refractivity contribution is 7.80. The summed E-state index contributed by atoms with van der Waals surface area (Å²) in [7, 11) is 0. The van der Waals surface area contributed by atoms with Crippen LogP contribution >= 0.6 is 23.8 Å². The van der Waals surface area contributed by atoms with Crippen molar-refractivity contribution in [3.63, 3.8) is 0 Å². The molecule has 1 aliphatic heterocycles. The van der Waals surface area contributed by atoms with Gasteiger partial charge in [-0.2, -0.15) is 0 Å². The van der Waals surface area contributed by atoms with E-state index in [-0.39, 0.29) is 0 Å². The summed E-state index contributed by atoms with van der Waals surface area (Å²) in [5.74, 6) is 0. The molecule has 5 heteroatoms. The minimum absolute atomic E-state index is 0.711. The molecule has 0 radical (unpaired) electrons. The van der Waals surface area contributed by atoms with Gasteiger partial charge in [0.2, 0.25) is 0 Å². The lowest BCUT2D eigenvalue weighted by atomic mass is 10.0. The molecule has 2 aromatic rings. The Morgan fingerprint density at radius 1 is 1.16 bits per heavy atom. The monoisotopic (exact) mass is 373 g/mol. The molecule has 1 fully saturated rings. The van der Waals surface area contributed by atoms with Crippen molar-refractivity contribution in [1.82, 2.24) is 9.80 Å². The zero-order chi connectivity index (χ0) is 17.8. The van der Waals surface area contributed by atoms with Crippen molar-refractivity contribution in [2.24, 2.45) is 0 Å². The topological polar surface area (TPSA) is 18.5 Å². The fraction of sp³-hybridized carbons (Fsp3) is 0.350. The molecule has 0 atom stereocenters. The minimum Gasteiger partial charge on any atom is -0.336 e. The van der Waals surface area contributed by atoms with Gasteiger partial charge in [-0.1, -0.05) is 41.4 Å². The summed E-state index contributed by atoms with van der Waals surface area (Å²) in [5.41, 5.74) is 5.00. The molecule has 0 unspecified atom stereocenters. The molecule has 25 heavy (non-hydrogen) atoms. The maximum Gasteiger partial charge on any atom is 0.174 e. The van der Waals surface area contributed by atoms with Crippen LogP contribution < -0.4 is 5.32 Å². The molecule has 0 amide bonds. The summed E-state index contributed by atoms with van der Waals surface area (Å²) in [5, 5.41) is 4.77. The number of aryl methyl sites for hydroxylation is 2. The highest BCUT2D eigenvalue weighted by atomic mass is 35.5. The average Bonchev–Trinajstić information content (AvgIpc) is 2.58. The SMILES string of the molecule is Cc1ccc(C)c(CN2CCCN(C(=S)Nc3cccc(Cl)c3)C2)c1. The predicted molar refractivity (Wildman–Crippen MR) is 110 cm³/mol. The molecule has 0 aliphatic carbocycles. The lowest BCUT2D eigenvalue weighted by Crippen LogP contribution is -2.48. The van der Waals surface area contributed by atoms with Crippen molar-refractivity contribution in [3.8, 4) is 0 Å². The molecule has 0 aromatic heterocycles. The van der Waals surface area contributed by atoms with Gasteiger partial charge in [0.15, 0.2) is 5.11 Å². The first kappa shape index (κ1) is 18.2. The maximum atomic E-state index is 6.05. The van der Waals surface area contributed by atoms with E-state index in [2.05, 4.69) is 47.2 Å². The molecular formula is C20H24ClN3S. The largest absolute Gasteiger partial charge is 0.336 e. The standard InChI is InChI=1S/C20H24ClN3S/c1-15-7-8-16(2)17(11-15)13-23-9-4-10-24(14-23)20(25)22-19-6-3-5-18(21)12-19/h3,5-8,11-12H,4,9-10,13-14H2,1-2H3,(H,22,25). The van der Waals surface area contributed by atoms with Gasteiger partial charge < -0.3 is 10.2 Å². The Hall–Kier alpha value is -1.62. The van der Waals surface area contributed by atoms with E-state index < -0.39 is 0 Å². The van der Waals surface area contributed by atoms with Crippen LogP contribution in [0.2, 0.25) is 5.02 Å². The Morgan fingerprint density at radius 2 is 2.00 bits per heavy atom. The second-order valence-corrected chi connectivity index (χ2v) is 7.50. The third-order valence-electron chi connectivity index (χ3n) is 4.53. The van der Waals surface area contributed by atoms with Gasteiger partial charge in [0.05, 0.1) is 6.67 Å². The highest BCUT2D eigenvalue weighted by Crippen LogP contribution is 2.18. The second kappa shape index (κ2) is 8.17. The van der Waals surface area contributed by atoms with Gasteiger partial charge >= 0.3 is 0 Å². The van der Waals surface area contributed by atoms with Crippen molar-refractivity contribution in [2.75, 3.05) is 25.1 Å². The summed E-state index contributed by atoms with van der Waals surface area (Å²) in [4.78, 5) is 4.68. The average molecular weight is 374 g/mol. The normalized spacial score (nSPS) is 15.2. The van der Waals surface area contributed by atoms with Crippen molar-refractivity contribution in [3.05, 3.63) is 64.2 Å². The Morgan fingerprint density at radius 3 is 2.80 bits per heavy atom. The first-order chi connectivity index (χ1) is 12.0. The number of rotatable bonds is 3. The van der Waals surface area contributed by atoms with Gasteiger partial charge in [-0.05, 0) is 61.8 Å². The van der Waals surface area contributed by atoms with Crippen LogP contribution in [0.15, 0.2) is 42.5 Å². The van der Waals surface area contributed by atoms with E-state index in [1.807, 2.05) is 24.3 Å². The molecule has 0 saturated carbocycles. The number of nitrogens with zero attached hydrogens (tertiary/aromatic N) is 2. The van der Waals surface area contributed by atoms with Crippen molar-refractivity contribution < 1.29 is 0 Å². The van der Waals surface area contributed by atoms with E-state index in [0.717, 1.165) is 43.5 Å². The Balaban J connectivity index is 1.62. The first-order valence-corrected chi connectivity index (χ1v) is 9.40. The molecule has 3 rings (SSSR count). The summed E-state index contributed by atoms with van der Waals surface area (Å²) in [6.45, 7) is 8.22. The summed E-state index contributed by atoms with van der Waals surface area (Å²) in [6.07, 6.45) is 1.11. The first-order valence-electron chi connectivity index (χ1n) is 8.61. The van der Waals surface area contributed by atoms with Crippen LogP contribution in [-0.4, -0.2) is 34.7 Å². The molecule has 0 spiro atoms. The summed E-state index contributed by atoms with van der Waals surface area (Å²) in [6, 6.07) is 14.3.